The van der Waals surface area contributed by atoms with Gasteiger partial charge in [0.25, 0.3) is 0 Å². The molecule has 1 heteroatoms. The molecule has 1 atom stereocenters. The lowest BCUT2D eigenvalue weighted by atomic mass is 9.92. The summed E-state index contributed by atoms with van der Waals surface area (Å²) in [6, 6.07) is 12.5. The summed E-state index contributed by atoms with van der Waals surface area (Å²) in [5.41, 5.74) is 7.13. The van der Waals surface area contributed by atoms with E-state index in [1.807, 2.05) is 12.1 Å². The number of rotatable bonds is 4. The zero-order valence-corrected chi connectivity index (χ0v) is 12.9. The molecule has 2 rings (SSSR count). The predicted octanol–water partition coefficient (Wildman–Crippen LogP) is 4.51. The van der Waals surface area contributed by atoms with Gasteiger partial charge in [0.2, 0.25) is 0 Å². The summed E-state index contributed by atoms with van der Waals surface area (Å²) in [7, 11) is 0. The first-order valence-corrected chi connectivity index (χ1v) is 7.44. The van der Waals surface area contributed by atoms with Crippen LogP contribution in [0, 0.1) is 13.8 Å². The first-order chi connectivity index (χ1) is 9.58. The quantitative estimate of drug-likeness (QED) is 0.865. The van der Waals surface area contributed by atoms with Gasteiger partial charge in [-0.25, -0.2) is 0 Å². The highest BCUT2D eigenvalue weighted by Gasteiger charge is 2.14. The Bertz CT molecular complexity index is 599. The molecule has 0 bridgehead atoms. The molecule has 0 aliphatic carbocycles. The highest BCUT2D eigenvalue weighted by atomic mass is 16.3. The molecule has 1 unspecified atom stereocenters. The summed E-state index contributed by atoms with van der Waals surface area (Å²) >= 11 is 0. The van der Waals surface area contributed by atoms with Crippen molar-refractivity contribution in [2.75, 3.05) is 0 Å². The topological polar surface area (TPSA) is 20.2 Å². The number of benzene rings is 2. The Morgan fingerprint density at radius 2 is 1.65 bits per heavy atom. The standard InChI is InChI=1S/C19H24O/c1-5-15-10-11-17(12-16(15)6-2)19(20)18-9-7-8-13(3)14(18)4/h7-12,19-20H,5-6H2,1-4H3. The number of aliphatic hydroxyl groups is 1. The molecular weight excluding hydrogens is 244 g/mol. The van der Waals surface area contributed by atoms with Crippen molar-refractivity contribution < 1.29 is 5.11 Å². The molecule has 0 saturated carbocycles. The summed E-state index contributed by atoms with van der Waals surface area (Å²) in [6.45, 7) is 8.51. The molecular formula is C19H24O. The van der Waals surface area contributed by atoms with Crippen LogP contribution in [0.2, 0.25) is 0 Å². The van der Waals surface area contributed by atoms with Crippen molar-refractivity contribution >= 4 is 0 Å². The first-order valence-electron chi connectivity index (χ1n) is 7.44. The molecule has 1 N–H and O–H groups in total. The van der Waals surface area contributed by atoms with E-state index in [9.17, 15) is 5.11 Å². The van der Waals surface area contributed by atoms with E-state index in [2.05, 4.69) is 52.0 Å². The molecule has 0 amide bonds. The van der Waals surface area contributed by atoms with Crippen LogP contribution in [0.25, 0.3) is 0 Å². The van der Waals surface area contributed by atoms with E-state index in [4.69, 9.17) is 0 Å². The van der Waals surface area contributed by atoms with E-state index in [1.165, 1.54) is 22.3 Å². The van der Waals surface area contributed by atoms with Gasteiger partial charge in [-0.1, -0.05) is 50.2 Å². The second-order valence-electron chi connectivity index (χ2n) is 5.43. The molecule has 0 saturated heterocycles. The van der Waals surface area contributed by atoms with E-state index >= 15 is 0 Å². The number of hydrogen-bond donors (Lipinski definition) is 1. The Hall–Kier alpha value is -1.60. The third-order valence-corrected chi connectivity index (χ3v) is 4.25. The maximum atomic E-state index is 10.7. The Balaban J connectivity index is 2.43. The van der Waals surface area contributed by atoms with Crippen molar-refractivity contribution in [1.82, 2.24) is 0 Å². The van der Waals surface area contributed by atoms with E-state index in [-0.39, 0.29) is 0 Å². The third kappa shape index (κ3) is 2.78. The van der Waals surface area contributed by atoms with Gasteiger partial charge in [-0.05, 0) is 60.1 Å². The van der Waals surface area contributed by atoms with Crippen LogP contribution in [0.1, 0.15) is 53.3 Å². The Morgan fingerprint density at radius 3 is 2.30 bits per heavy atom. The van der Waals surface area contributed by atoms with Crippen LogP contribution in [-0.4, -0.2) is 5.11 Å². The van der Waals surface area contributed by atoms with Gasteiger partial charge in [0.15, 0.2) is 0 Å². The number of hydrogen-bond acceptors (Lipinski definition) is 1. The van der Waals surface area contributed by atoms with Crippen LogP contribution in [0.4, 0.5) is 0 Å². The van der Waals surface area contributed by atoms with Crippen molar-refractivity contribution in [2.24, 2.45) is 0 Å². The van der Waals surface area contributed by atoms with Gasteiger partial charge in [0, 0.05) is 0 Å². The molecule has 0 aliphatic heterocycles. The third-order valence-electron chi connectivity index (χ3n) is 4.25. The predicted molar refractivity (Wildman–Crippen MR) is 85.2 cm³/mol. The van der Waals surface area contributed by atoms with Crippen LogP contribution in [-0.2, 0) is 12.8 Å². The Morgan fingerprint density at radius 1 is 0.950 bits per heavy atom. The highest BCUT2D eigenvalue weighted by molar-refractivity contribution is 5.41. The van der Waals surface area contributed by atoms with Crippen molar-refractivity contribution in [3.63, 3.8) is 0 Å². The van der Waals surface area contributed by atoms with Gasteiger partial charge in [-0.3, -0.25) is 0 Å². The van der Waals surface area contributed by atoms with Crippen LogP contribution in [0.5, 0.6) is 0 Å². The van der Waals surface area contributed by atoms with Gasteiger partial charge in [-0.15, -0.1) is 0 Å². The molecule has 2 aromatic rings. The molecule has 0 heterocycles. The molecule has 0 spiro atoms. The van der Waals surface area contributed by atoms with Gasteiger partial charge in [-0.2, -0.15) is 0 Å². The second-order valence-corrected chi connectivity index (χ2v) is 5.43. The monoisotopic (exact) mass is 268 g/mol. The molecule has 106 valence electrons. The maximum Gasteiger partial charge on any atom is 0.104 e. The highest BCUT2D eigenvalue weighted by Crippen LogP contribution is 2.28. The Kier molecular flexibility index (Phi) is 4.61. The average molecular weight is 268 g/mol. The average Bonchev–Trinajstić information content (AvgIpc) is 2.48. The van der Waals surface area contributed by atoms with Crippen molar-refractivity contribution in [1.29, 1.82) is 0 Å². The lowest BCUT2D eigenvalue weighted by Gasteiger charge is -2.17. The van der Waals surface area contributed by atoms with Gasteiger partial charge in [0.1, 0.15) is 6.10 Å². The summed E-state index contributed by atoms with van der Waals surface area (Å²) < 4.78 is 0. The molecule has 0 radical (unpaired) electrons. The summed E-state index contributed by atoms with van der Waals surface area (Å²) in [6.07, 6.45) is 1.52. The van der Waals surface area contributed by atoms with E-state index in [0.29, 0.717) is 0 Å². The fourth-order valence-corrected chi connectivity index (χ4v) is 2.74. The van der Waals surface area contributed by atoms with Crippen LogP contribution < -0.4 is 0 Å². The van der Waals surface area contributed by atoms with Crippen molar-refractivity contribution in [3.05, 3.63) is 69.8 Å². The second kappa shape index (κ2) is 6.23. The summed E-state index contributed by atoms with van der Waals surface area (Å²) in [5, 5.41) is 10.7. The lowest BCUT2D eigenvalue weighted by molar-refractivity contribution is 0.219. The minimum Gasteiger partial charge on any atom is -0.384 e. The maximum absolute atomic E-state index is 10.7. The van der Waals surface area contributed by atoms with E-state index in [1.54, 1.807) is 0 Å². The fourth-order valence-electron chi connectivity index (χ4n) is 2.74. The zero-order chi connectivity index (χ0) is 14.7. The minimum atomic E-state index is -0.536. The van der Waals surface area contributed by atoms with Crippen LogP contribution in [0.3, 0.4) is 0 Å². The zero-order valence-electron chi connectivity index (χ0n) is 12.9. The van der Waals surface area contributed by atoms with Crippen LogP contribution >= 0.6 is 0 Å². The minimum absolute atomic E-state index is 0.536. The van der Waals surface area contributed by atoms with E-state index in [0.717, 1.165) is 24.0 Å². The molecule has 0 aliphatic rings. The fraction of sp³-hybridized carbons (Fsp3) is 0.368. The summed E-state index contributed by atoms with van der Waals surface area (Å²) in [4.78, 5) is 0. The summed E-state index contributed by atoms with van der Waals surface area (Å²) in [5.74, 6) is 0. The molecule has 20 heavy (non-hydrogen) atoms. The lowest BCUT2D eigenvalue weighted by Crippen LogP contribution is -2.04. The van der Waals surface area contributed by atoms with E-state index < -0.39 is 6.10 Å². The number of aliphatic hydroxyl groups excluding tert-OH is 1. The van der Waals surface area contributed by atoms with Crippen molar-refractivity contribution in [3.8, 4) is 0 Å². The molecule has 1 nitrogen and oxygen atoms in total. The molecule has 2 aromatic carbocycles. The van der Waals surface area contributed by atoms with Gasteiger partial charge >= 0.3 is 0 Å². The normalized spacial score (nSPS) is 12.4. The smallest absolute Gasteiger partial charge is 0.104 e. The SMILES string of the molecule is CCc1ccc(C(O)c2cccc(C)c2C)cc1CC. The largest absolute Gasteiger partial charge is 0.384 e. The van der Waals surface area contributed by atoms with Crippen molar-refractivity contribution in [2.45, 2.75) is 46.6 Å². The first kappa shape index (κ1) is 14.8. The Labute approximate surface area is 122 Å². The molecule has 0 fully saturated rings. The van der Waals surface area contributed by atoms with Gasteiger partial charge < -0.3 is 5.11 Å². The number of aryl methyl sites for hydroxylation is 3. The van der Waals surface area contributed by atoms with Crippen LogP contribution in [0.15, 0.2) is 36.4 Å². The molecule has 0 aromatic heterocycles. The van der Waals surface area contributed by atoms with Gasteiger partial charge in [0.05, 0.1) is 0 Å².